The number of halogens is 1. The topological polar surface area (TPSA) is 80.1 Å². The molecule has 26 heavy (non-hydrogen) atoms. The zero-order chi connectivity index (χ0) is 18.7. The zero-order valence-corrected chi connectivity index (χ0v) is 14.2. The number of rotatable bonds is 4. The molecular formula is C18H16FN5O2. The summed E-state index contributed by atoms with van der Waals surface area (Å²) in [6, 6.07) is 12.2. The number of pyridine rings is 1. The summed E-state index contributed by atoms with van der Waals surface area (Å²) in [5, 5.41) is 6.50. The summed E-state index contributed by atoms with van der Waals surface area (Å²) in [7, 11) is 3.26. The van der Waals surface area contributed by atoms with Crippen LogP contribution in [0.3, 0.4) is 0 Å². The molecule has 0 aliphatic rings. The second kappa shape index (κ2) is 7.14. The van der Waals surface area contributed by atoms with Gasteiger partial charge in [-0.25, -0.2) is 14.1 Å². The summed E-state index contributed by atoms with van der Waals surface area (Å²) in [5.41, 5.74) is 1.21. The van der Waals surface area contributed by atoms with Gasteiger partial charge in [0.2, 0.25) is 0 Å². The Bertz CT molecular complexity index is 1000. The normalized spacial score (nSPS) is 10.4. The molecule has 3 rings (SSSR count). The summed E-state index contributed by atoms with van der Waals surface area (Å²) in [5.74, 6) is -0.461. The highest BCUT2D eigenvalue weighted by Crippen LogP contribution is 2.24. The standard InChI is InChI=1S/C18H16FN5O2/c1-23(13-5-3-4-12(19)10-13)14-6-8-16(20-11-14)21-18(26)15-7-9-17(25)24(2)22-15/h3-11H,1-2H3,(H,20,21,26). The minimum atomic E-state index is -0.473. The average molecular weight is 353 g/mol. The van der Waals surface area contributed by atoms with E-state index in [4.69, 9.17) is 0 Å². The van der Waals surface area contributed by atoms with Gasteiger partial charge in [-0.2, -0.15) is 5.10 Å². The van der Waals surface area contributed by atoms with Crippen LogP contribution in [0, 0.1) is 5.82 Å². The van der Waals surface area contributed by atoms with Gasteiger partial charge < -0.3 is 10.2 Å². The molecule has 0 saturated heterocycles. The summed E-state index contributed by atoms with van der Waals surface area (Å²) in [4.78, 5) is 29.5. The van der Waals surface area contributed by atoms with Crippen LogP contribution in [0.15, 0.2) is 59.5 Å². The number of anilines is 3. The van der Waals surface area contributed by atoms with Gasteiger partial charge in [-0.05, 0) is 36.4 Å². The summed E-state index contributed by atoms with van der Waals surface area (Å²) < 4.78 is 14.4. The third-order valence-corrected chi connectivity index (χ3v) is 3.77. The van der Waals surface area contributed by atoms with E-state index in [-0.39, 0.29) is 17.1 Å². The van der Waals surface area contributed by atoms with Gasteiger partial charge >= 0.3 is 0 Å². The Hall–Kier alpha value is -3.55. The Morgan fingerprint density at radius 3 is 2.62 bits per heavy atom. The number of nitrogens with zero attached hydrogens (tertiary/aromatic N) is 4. The SMILES string of the molecule is CN(c1ccc(NC(=O)c2ccc(=O)n(C)n2)nc1)c1cccc(F)c1. The highest BCUT2D eigenvalue weighted by atomic mass is 19.1. The van der Waals surface area contributed by atoms with Gasteiger partial charge in [-0.1, -0.05) is 6.07 Å². The first-order valence-electron chi connectivity index (χ1n) is 7.75. The van der Waals surface area contributed by atoms with Crippen LogP contribution in [0.5, 0.6) is 0 Å². The van der Waals surface area contributed by atoms with Crippen molar-refractivity contribution < 1.29 is 9.18 Å². The first-order valence-corrected chi connectivity index (χ1v) is 7.75. The monoisotopic (exact) mass is 353 g/mol. The molecule has 0 atom stereocenters. The lowest BCUT2D eigenvalue weighted by Crippen LogP contribution is -2.23. The maximum atomic E-state index is 13.3. The Kier molecular flexibility index (Phi) is 4.74. The Morgan fingerprint density at radius 1 is 1.15 bits per heavy atom. The molecular weight excluding hydrogens is 337 g/mol. The number of carbonyl (C=O) groups is 1. The van der Waals surface area contributed by atoms with Crippen molar-refractivity contribution in [2.24, 2.45) is 7.05 Å². The summed E-state index contributed by atoms with van der Waals surface area (Å²) in [6.07, 6.45) is 1.56. The second-order valence-electron chi connectivity index (χ2n) is 5.58. The number of amides is 1. The molecule has 0 aliphatic carbocycles. The van der Waals surface area contributed by atoms with E-state index in [1.165, 1.54) is 31.3 Å². The van der Waals surface area contributed by atoms with Crippen LogP contribution in [0.4, 0.5) is 21.6 Å². The summed E-state index contributed by atoms with van der Waals surface area (Å²) in [6.45, 7) is 0. The highest BCUT2D eigenvalue weighted by Gasteiger charge is 2.11. The number of hydrogen-bond donors (Lipinski definition) is 1. The first-order chi connectivity index (χ1) is 12.4. The van der Waals surface area contributed by atoms with Crippen LogP contribution < -0.4 is 15.8 Å². The van der Waals surface area contributed by atoms with Crippen molar-refractivity contribution in [3.05, 3.63) is 76.6 Å². The molecule has 0 spiro atoms. The van der Waals surface area contributed by atoms with Gasteiger partial charge in [0.15, 0.2) is 0 Å². The number of nitrogens with one attached hydrogen (secondary N) is 1. The van der Waals surface area contributed by atoms with E-state index in [9.17, 15) is 14.0 Å². The molecule has 0 saturated carbocycles. The number of aromatic nitrogens is 3. The van der Waals surface area contributed by atoms with Crippen molar-refractivity contribution in [2.45, 2.75) is 0 Å². The molecule has 1 aromatic carbocycles. The third kappa shape index (κ3) is 3.75. The van der Waals surface area contributed by atoms with Crippen LogP contribution in [0.1, 0.15) is 10.5 Å². The van der Waals surface area contributed by atoms with E-state index in [2.05, 4.69) is 15.4 Å². The smallest absolute Gasteiger partial charge is 0.277 e. The number of hydrogen-bond acceptors (Lipinski definition) is 5. The Labute approximate surface area is 148 Å². The minimum absolute atomic E-state index is 0.106. The fraction of sp³-hybridized carbons (Fsp3) is 0.111. The van der Waals surface area contributed by atoms with E-state index in [1.807, 2.05) is 0 Å². The van der Waals surface area contributed by atoms with Crippen LogP contribution in [-0.4, -0.2) is 27.7 Å². The minimum Gasteiger partial charge on any atom is -0.343 e. The average Bonchev–Trinajstić information content (AvgIpc) is 2.64. The zero-order valence-electron chi connectivity index (χ0n) is 14.2. The fourth-order valence-corrected chi connectivity index (χ4v) is 2.30. The van der Waals surface area contributed by atoms with Crippen molar-refractivity contribution >= 4 is 23.1 Å². The van der Waals surface area contributed by atoms with Gasteiger partial charge in [-0.3, -0.25) is 9.59 Å². The van der Waals surface area contributed by atoms with Crippen molar-refractivity contribution in [2.75, 3.05) is 17.3 Å². The van der Waals surface area contributed by atoms with E-state index in [0.717, 1.165) is 10.4 Å². The molecule has 1 amide bonds. The van der Waals surface area contributed by atoms with E-state index in [1.54, 1.807) is 42.4 Å². The van der Waals surface area contributed by atoms with Crippen molar-refractivity contribution in [1.82, 2.24) is 14.8 Å². The molecule has 8 heteroatoms. The molecule has 1 N–H and O–H groups in total. The van der Waals surface area contributed by atoms with Gasteiger partial charge in [0.25, 0.3) is 11.5 Å². The largest absolute Gasteiger partial charge is 0.343 e. The lowest BCUT2D eigenvalue weighted by Gasteiger charge is -2.19. The van der Waals surface area contributed by atoms with E-state index in [0.29, 0.717) is 11.5 Å². The third-order valence-electron chi connectivity index (χ3n) is 3.77. The molecule has 0 fully saturated rings. The fourth-order valence-electron chi connectivity index (χ4n) is 2.30. The van der Waals surface area contributed by atoms with Gasteiger partial charge in [-0.15, -0.1) is 0 Å². The molecule has 132 valence electrons. The van der Waals surface area contributed by atoms with Crippen molar-refractivity contribution in [3.63, 3.8) is 0 Å². The molecule has 0 bridgehead atoms. The molecule has 2 aromatic heterocycles. The lowest BCUT2D eigenvalue weighted by atomic mass is 10.2. The molecule has 0 unspecified atom stereocenters. The predicted octanol–water partition coefficient (Wildman–Crippen LogP) is 2.33. The van der Waals surface area contributed by atoms with Crippen molar-refractivity contribution in [1.29, 1.82) is 0 Å². The highest BCUT2D eigenvalue weighted by molar-refractivity contribution is 6.02. The van der Waals surface area contributed by atoms with E-state index >= 15 is 0 Å². The molecule has 0 aliphatic heterocycles. The quantitative estimate of drug-likeness (QED) is 0.779. The van der Waals surface area contributed by atoms with E-state index < -0.39 is 5.91 Å². The number of aryl methyl sites for hydroxylation is 1. The van der Waals surface area contributed by atoms with Crippen LogP contribution >= 0.6 is 0 Å². The van der Waals surface area contributed by atoms with Gasteiger partial charge in [0, 0.05) is 25.8 Å². The Balaban J connectivity index is 1.74. The summed E-state index contributed by atoms with van der Waals surface area (Å²) >= 11 is 0. The maximum absolute atomic E-state index is 13.3. The van der Waals surface area contributed by atoms with Crippen LogP contribution in [-0.2, 0) is 7.05 Å². The Morgan fingerprint density at radius 2 is 1.96 bits per heavy atom. The maximum Gasteiger partial charge on any atom is 0.277 e. The second-order valence-corrected chi connectivity index (χ2v) is 5.58. The van der Waals surface area contributed by atoms with Gasteiger partial charge in [0.05, 0.1) is 11.9 Å². The number of carbonyl (C=O) groups excluding carboxylic acids is 1. The molecule has 0 radical (unpaired) electrons. The molecule has 7 nitrogen and oxygen atoms in total. The predicted molar refractivity (Wildman–Crippen MR) is 96.1 cm³/mol. The van der Waals surface area contributed by atoms with Crippen molar-refractivity contribution in [3.8, 4) is 0 Å². The van der Waals surface area contributed by atoms with Crippen LogP contribution in [0.2, 0.25) is 0 Å². The number of benzene rings is 1. The molecule has 3 aromatic rings. The molecule has 2 heterocycles. The van der Waals surface area contributed by atoms with Crippen LogP contribution in [0.25, 0.3) is 0 Å². The van der Waals surface area contributed by atoms with Gasteiger partial charge in [0.1, 0.15) is 17.3 Å². The lowest BCUT2D eigenvalue weighted by molar-refractivity contribution is 0.101. The first kappa shape index (κ1) is 17.3.